The summed E-state index contributed by atoms with van der Waals surface area (Å²) in [4.78, 5) is 12.2. The lowest BCUT2D eigenvalue weighted by Crippen LogP contribution is -2.06. The van der Waals surface area contributed by atoms with Crippen molar-refractivity contribution >= 4 is 5.78 Å². The van der Waals surface area contributed by atoms with Crippen LogP contribution in [0.5, 0.6) is 0 Å². The molecule has 0 aliphatic carbocycles. The Bertz CT molecular complexity index is 573. The third-order valence-corrected chi connectivity index (χ3v) is 2.97. The number of halogens is 1. The Labute approximate surface area is 99.9 Å². The summed E-state index contributed by atoms with van der Waals surface area (Å²) in [6.45, 7) is 3.82. The molecule has 2 heteroatoms. The normalized spacial score (nSPS) is 10.3. The van der Waals surface area contributed by atoms with Gasteiger partial charge in [-0.25, -0.2) is 4.39 Å². The maximum Gasteiger partial charge on any atom is 0.196 e. The molecule has 0 saturated heterocycles. The first-order valence-corrected chi connectivity index (χ1v) is 5.46. The maximum atomic E-state index is 13.5. The van der Waals surface area contributed by atoms with E-state index in [4.69, 9.17) is 0 Å². The highest BCUT2D eigenvalue weighted by Gasteiger charge is 2.15. The lowest BCUT2D eigenvalue weighted by Gasteiger charge is -2.08. The zero-order valence-corrected chi connectivity index (χ0v) is 9.83. The summed E-state index contributed by atoms with van der Waals surface area (Å²) in [5, 5.41) is 0. The number of benzene rings is 2. The molecule has 2 aromatic rings. The topological polar surface area (TPSA) is 17.1 Å². The Kier molecular flexibility index (Phi) is 3.05. The van der Waals surface area contributed by atoms with Crippen molar-refractivity contribution in [2.75, 3.05) is 0 Å². The molecule has 0 fully saturated rings. The van der Waals surface area contributed by atoms with Gasteiger partial charge in [-0.2, -0.15) is 0 Å². The molecule has 2 rings (SSSR count). The predicted molar refractivity (Wildman–Crippen MR) is 65.7 cm³/mol. The van der Waals surface area contributed by atoms with Crippen LogP contribution in [0.1, 0.15) is 27.0 Å². The van der Waals surface area contributed by atoms with E-state index in [9.17, 15) is 9.18 Å². The molecule has 0 heterocycles. The number of carbonyl (C=O) groups excluding carboxylic acids is 1. The van der Waals surface area contributed by atoms with Gasteiger partial charge in [0.2, 0.25) is 0 Å². The number of carbonyl (C=O) groups is 1. The first-order chi connectivity index (χ1) is 8.11. The number of aryl methyl sites for hydroxylation is 1. The summed E-state index contributed by atoms with van der Waals surface area (Å²) in [5.74, 6) is -0.734. The summed E-state index contributed by atoms with van der Waals surface area (Å²) in [6, 6.07) is 11.6. The molecule has 17 heavy (non-hydrogen) atoms. The zero-order chi connectivity index (χ0) is 12.4. The molecule has 0 aromatic heterocycles. The molecular weight excluding hydrogens is 215 g/mol. The summed E-state index contributed by atoms with van der Waals surface area (Å²) in [6.07, 6.45) is 0. The molecule has 86 valence electrons. The first-order valence-electron chi connectivity index (χ1n) is 5.46. The van der Waals surface area contributed by atoms with Gasteiger partial charge in [0.1, 0.15) is 5.82 Å². The van der Waals surface area contributed by atoms with Crippen LogP contribution in [0.15, 0.2) is 42.5 Å². The second-order valence-electron chi connectivity index (χ2n) is 4.06. The highest BCUT2D eigenvalue weighted by atomic mass is 19.1. The Morgan fingerprint density at radius 3 is 2.29 bits per heavy atom. The second-order valence-corrected chi connectivity index (χ2v) is 4.06. The van der Waals surface area contributed by atoms with E-state index in [1.807, 2.05) is 26.0 Å². The molecule has 1 nitrogen and oxygen atoms in total. The van der Waals surface area contributed by atoms with Gasteiger partial charge in [-0.3, -0.25) is 4.79 Å². The van der Waals surface area contributed by atoms with E-state index < -0.39 is 5.82 Å². The molecular formula is C15H13FO. The van der Waals surface area contributed by atoms with Gasteiger partial charge < -0.3 is 0 Å². The zero-order valence-electron chi connectivity index (χ0n) is 9.83. The minimum absolute atomic E-state index is 0.126. The quantitative estimate of drug-likeness (QED) is 0.717. The van der Waals surface area contributed by atoms with Gasteiger partial charge in [0.15, 0.2) is 5.78 Å². The van der Waals surface area contributed by atoms with Crippen LogP contribution in [0, 0.1) is 19.7 Å². The minimum atomic E-state index is -0.474. The second kappa shape index (κ2) is 4.50. The van der Waals surface area contributed by atoms with Gasteiger partial charge in [-0.05, 0) is 37.1 Å². The smallest absolute Gasteiger partial charge is 0.196 e. The van der Waals surface area contributed by atoms with E-state index in [1.54, 1.807) is 18.2 Å². The van der Waals surface area contributed by atoms with E-state index in [2.05, 4.69) is 0 Å². The minimum Gasteiger partial charge on any atom is -0.288 e. The van der Waals surface area contributed by atoms with Crippen molar-refractivity contribution in [2.45, 2.75) is 13.8 Å². The van der Waals surface area contributed by atoms with Crippen molar-refractivity contribution in [3.63, 3.8) is 0 Å². The van der Waals surface area contributed by atoms with Crippen LogP contribution in [0.25, 0.3) is 0 Å². The Morgan fingerprint density at radius 2 is 1.59 bits per heavy atom. The third-order valence-electron chi connectivity index (χ3n) is 2.97. The highest BCUT2D eigenvalue weighted by molar-refractivity contribution is 6.10. The van der Waals surface area contributed by atoms with E-state index in [0.29, 0.717) is 5.56 Å². The van der Waals surface area contributed by atoms with Crippen molar-refractivity contribution in [2.24, 2.45) is 0 Å². The maximum absolute atomic E-state index is 13.5. The van der Waals surface area contributed by atoms with Gasteiger partial charge in [0.05, 0.1) is 5.56 Å². The molecule has 0 aliphatic rings. The molecule has 0 radical (unpaired) electrons. The summed E-state index contributed by atoms with van der Waals surface area (Å²) < 4.78 is 13.5. The predicted octanol–water partition coefficient (Wildman–Crippen LogP) is 3.67. The van der Waals surface area contributed by atoms with Crippen molar-refractivity contribution in [1.29, 1.82) is 0 Å². The lowest BCUT2D eigenvalue weighted by molar-refractivity contribution is 0.103. The van der Waals surface area contributed by atoms with E-state index in [0.717, 1.165) is 11.1 Å². The van der Waals surface area contributed by atoms with Gasteiger partial charge in [0, 0.05) is 5.56 Å². The van der Waals surface area contributed by atoms with Gasteiger partial charge in [0.25, 0.3) is 0 Å². The Balaban J connectivity index is 2.52. The van der Waals surface area contributed by atoms with E-state index in [-0.39, 0.29) is 11.3 Å². The van der Waals surface area contributed by atoms with Crippen LogP contribution >= 0.6 is 0 Å². The van der Waals surface area contributed by atoms with Gasteiger partial charge in [-0.15, -0.1) is 0 Å². The number of hydrogen-bond acceptors (Lipinski definition) is 1. The van der Waals surface area contributed by atoms with Crippen LogP contribution in [0.3, 0.4) is 0 Å². The first kappa shape index (κ1) is 11.5. The van der Waals surface area contributed by atoms with Crippen LogP contribution in [0.4, 0.5) is 4.39 Å². The van der Waals surface area contributed by atoms with Crippen molar-refractivity contribution in [3.05, 3.63) is 70.5 Å². The molecule has 0 saturated carbocycles. The number of hydrogen-bond donors (Lipinski definition) is 0. The largest absolute Gasteiger partial charge is 0.288 e. The molecule has 0 unspecified atom stereocenters. The molecule has 0 bridgehead atoms. The number of rotatable bonds is 2. The summed E-state index contributed by atoms with van der Waals surface area (Å²) in [7, 11) is 0. The molecule has 0 aliphatic heterocycles. The lowest BCUT2D eigenvalue weighted by atomic mass is 9.96. The Morgan fingerprint density at radius 1 is 0.941 bits per heavy atom. The molecule has 0 amide bonds. The standard InChI is InChI=1S/C15H13FO/c1-10-6-5-8-12(11(10)2)15(17)13-7-3-4-9-14(13)16/h3-9H,1-2H3. The van der Waals surface area contributed by atoms with Crippen LogP contribution in [0.2, 0.25) is 0 Å². The summed E-state index contributed by atoms with van der Waals surface area (Å²) >= 11 is 0. The van der Waals surface area contributed by atoms with Crippen LogP contribution < -0.4 is 0 Å². The van der Waals surface area contributed by atoms with E-state index in [1.165, 1.54) is 12.1 Å². The summed E-state index contributed by atoms with van der Waals surface area (Å²) in [5.41, 5.74) is 2.63. The monoisotopic (exact) mass is 228 g/mol. The fourth-order valence-corrected chi connectivity index (χ4v) is 1.79. The van der Waals surface area contributed by atoms with Crippen LogP contribution in [-0.2, 0) is 0 Å². The van der Waals surface area contributed by atoms with Crippen molar-refractivity contribution in [3.8, 4) is 0 Å². The molecule has 0 spiro atoms. The average molecular weight is 228 g/mol. The van der Waals surface area contributed by atoms with Gasteiger partial charge >= 0.3 is 0 Å². The molecule has 0 atom stereocenters. The Hall–Kier alpha value is -1.96. The third kappa shape index (κ3) is 2.11. The molecule has 2 aromatic carbocycles. The number of ketones is 1. The van der Waals surface area contributed by atoms with Crippen LogP contribution in [-0.4, -0.2) is 5.78 Å². The molecule has 0 N–H and O–H groups in total. The fraction of sp³-hybridized carbons (Fsp3) is 0.133. The highest BCUT2D eigenvalue weighted by Crippen LogP contribution is 2.18. The van der Waals surface area contributed by atoms with Crippen molar-refractivity contribution in [1.82, 2.24) is 0 Å². The van der Waals surface area contributed by atoms with E-state index >= 15 is 0 Å². The van der Waals surface area contributed by atoms with Crippen molar-refractivity contribution < 1.29 is 9.18 Å². The fourth-order valence-electron chi connectivity index (χ4n) is 1.79. The average Bonchev–Trinajstić information content (AvgIpc) is 2.32. The SMILES string of the molecule is Cc1cccc(C(=O)c2ccccc2F)c1C. The van der Waals surface area contributed by atoms with Gasteiger partial charge in [-0.1, -0.05) is 30.3 Å².